The van der Waals surface area contributed by atoms with Gasteiger partial charge in [-0.1, -0.05) is 43.3 Å². The summed E-state index contributed by atoms with van der Waals surface area (Å²) in [7, 11) is -3.73. The van der Waals surface area contributed by atoms with Crippen molar-refractivity contribution < 1.29 is 30.6 Å². The number of hydrogen-bond acceptors (Lipinski definition) is 6. The van der Waals surface area contributed by atoms with Gasteiger partial charge in [-0.2, -0.15) is 0 Å². The van der Waals surface area contributed by atoms with Crippen LogP contribution in [0.2, 0.25) is 0 Å². The van der Waals surface area contributed by atoms with E-state index in [1.165, 1.54) is 0 Å². The van der Waals surface area contributed by atoms with E-state index in [2.05, 4.69) is 4.72 Å². The second-order valence-corrected chi connectivity index (χ2v) is 11.5. The number of fused-ring (bicyclic) bond motifs is 1. The molecule has 7 nitrogen and oxygen atoms in total. The number of Topliss-reactive ketones (excluding diaryl/α,β-unsaturated/α-hetero) is 1. The Morgan fingerprint density at radius 3 is 2.46 bits per heavy atom. The Labute approximate surface area is 220 Å². The topological polar surface area (TPSA) is 102 Å². The molecular formula is C29H35NO6S. The second-order valence-electron chi connectivity index (χ2n) is 9.83. The van der Waals surface area contributed by atoms with Crippen LogP contribution in [0.4, 0.5) is 0 Å². The van der Waals surface area contributed by atoms with Gasteiger partial charge in [0.1, 0.15) is 5.78 Å². The Morgan fingerprint density at radius 2 is 1.78 bits per heavy atom. The third kappa shape index (κ3) is 5.01. The fraction of sp³-hybridized carbons (Fsp3) is 0.345. The van der Waals surface area contributed by atoms with Gasteiger partial charge in [0.05, 0.1) is 16.9 Å². The number of aliphatic hydroxyl groups is 1. The average molecular weight is 526 g/mol. The molecule has 1 aliphatic carbocycles. The first-order chi connectivity index (χ1) is 17.8. The van der Waals surface area contributed by atoms with Crippen LogP contribution in [0.5, 0.6) is 11.5 Å². The molecular weight excluding hydrogens is 490 g/mol. The molecule has 0 spiro atoms. The number of carbonyl (C=O) groups excluding carboxylic acids is 1. The fourth-order valence-corrected chi connectivity index (χ4v) is 6.15. The molecule has 0 aromatic heterocycles. The van der Waals surface area contributed by atoms with Gasteiger partial charge in [-0.05, 0) is 78.3 Å². The summed E-state index contributed by atoms with van der Waals surface area (Å²) in [5, 5.41) is 9.34. The Kier molecular flexibility index (Phi) is 6.83. The highest BCUT2D eigenvalue weighted by Gasteiger charge is 2.50. The normalized spacial score (nSPS) is 16.4. The maximum atomic E-state index is 13.5. The van der Waals surface area contributed by atoms with Gasteiger partial charge in [0.2, 0.25) is 16.8 Å². The van der Waals surface area contributed by atoms with Gasteiger partial charge in [-0.25, -0.2) is 13.1 Å². The number of carbonyl (C=O) groups is 1. The molecule has 0 amide bonds. The smallest absolute Gasteiger partial charge is 0.240 e. The van der Waals surface area contributed by atoms with E-state index in [0.717, 1.165) is 40.7 Å². The van der Waals surface area contributed by atoms with Crippen molar-refractivity contribution in [3.05, 3.63) is 77.4 Å². The summed E-state index contributed by atoms with van der Waals surface area (Å²) in [6, 6.07) is 17.9. The van der Waals surface area contributed by atoms with Crippen molar-refractivity contribution in [1.82, 2.24) is 4.72 Å². The lowest BCUT2D eigenvalue weighted by Crippen LogP contribution is -2.36. The number of ether oxygens (including phenoxy) is 2. The maximum Gasteiger partial charge on any atom is 0.240 e. The molecule has 37 heavy (non-hydrogen) atoms. The molecule has 1 saturated carbocycles. The molecule has 1 aliphatic heterocycles. The number of hydrogen-bond donors (Lipinski definition) is 2. The van der Waals surface area contributed by atoms with E-state index in [-0.39, 0.29) is 26.9 Å². The number of ketones is 1. The zero-order chi connectivity index (χ0) is 26.2. The molecule has 0 saturated heterocycles. The highest BCUT2D eigenvalue weighted by atomic mass is 32.2. The lowest BCUT2D eigenvalue weighted by atomic mass is 9.87. The van der Waals surface area contributed by atoms with E-state index in [0.29, 0.717) is 24.3 Å². The zero-order valence-corrected chi connectivity index (χ0v) is 21.8. The second kappa shape index (κ2) is 9.93. The quantitative estimate of drug-likeness (QED) is 0.395. The molecule has 8 heteroatoms. The summed E-state index contributed by atoms with van der Waals surface area (Å²) < 4.78 is 38.8. The minimum absolute atomic E-state index is 0. The van der Waals surface area contributed by atoms with Crippen LogP contribution in [-0.4, -0.2) is 38.7 Å². The van der Waals surface area contributed by atoms with E-state index in [1.54, 1.807) is 24.3 Å². The van der Waals surface area contributed by atoms with Crippen LogP contribution in [0.3, 0.4) is 0 Å². The summed E-state index contributed by atoms with van der Waals surface area (Å²) in [4.78, 5) is 13.6. The summed E-state index contributed by atoms with van der Waals surface area (Å²) in [6.07, 6.45) is 2.46. The Balaban J connectivity index is 0.00000210. The minimum Gasteiger partial charge on any atom is -0.454 e. The third-order valence-corrected chi connectivity index (χ3v) is 8.92. The monoisotopic (exact) mass is 525 g/mol. The highest BCUT2D eigenvalue weighted by molar-refractivity contribution is 7.89. The molecule has 2 N–H and O–H groups in total. The van der Waals surface area contributed by atoms with Gasteiger partial charge in [0.25, 0.3) is 0 Å². The lowest BCUT2D eigenvalue weighted by Gasteiger charge is -2.16. The van der Waals surface area contributed by atoms with Crippen molar-refractivity contribution in [3.63, 3.8) is 0 Å². The fourth-order valence-electron chi connectivity index (χ4n) is 4.84. The SMILES string of the molecule is CC[C@H](CO)NS(=O)(=O)c1ccc(-c2cc(CC(=O)C3(c4ccc5c(c4)OCO5)CC3)ccc2C)cc1.[HH].[HH]. The first kappa shape index (κ1) is 25.4. The molecule has 0 bridgehead atoms. The van der Waals surface area contributed by atoms with Gasteiger partial charge >= 0.3 is 0 Å². The van der Waals surface area contributed by atoms with Crippen molar-refractivity contribution >= 4 is 15.8 Å². The van der Waals surface area contributed by atoms with Crippen LogP contribution in [0.25, 0.3) is 11.1 Å². The molecule has 3 aromatic rings. The van der Waals surface area contributed by atoms with E-state index >= 15 is 0 Å². The molecule has 1 atom stereocenters. The van der Waals surface area contributed by atoms with Crippen molar-refractivity contribution in [2.24, 2.45) is 0 Å². The first-order valence-corrected chi connectivity index (χ1v) is 14.0. The largest absolute Gasteiger partial charge is 0.454 e. The van der Waals surface area contributed by atoms with Gasteiger partial charge in [-0.3, -0.25) is 4.79 Å². The molecule has 5 rings (SSSR count). The van der Waals surface area contributed by atoms with E-state index in [1.807, 2.05) is 50.2 Å². The standard InChI is InChI=1S/C29H31NO6S.2H2/c1-3-23(17-31)30-37(33,34)24-9-6-21(7-10-24)25-14-20(5-4-19(25)2)15-28(32)29(12-13-29)22-8-11-26-27(16-22)36-18-35-26;;/h4-11,14,16,23,30-31H,3,12-13,15,17-18H2,1-2H3;2*1H/t23-;;/m1../s1. The number of sulfonamides is 1. The lowest BCUT2D eigenvalue weighted by molar-refractivity contribution is -0.120. The maximum absolute atomic E-state index is 13.5. The minimum atomic E-state index is -3.73. The summed E-state index contributed by atoms with van der Waals surface area (Å²) in [5.41, 5.74) is 4.29. The van der Waals surface area contributed by atoms with Crippen LogP contribution in [-0.2, 0) is 26.7 Å². The molecule has 2 aliphatic rings. The predicted octanol–water partition coefficient (Wildman–Crippen LogP) is 4.78. The van der Waals surface area contributed by atoms with E-state index in [4.69, 9.17) is 9.47 Å². The van der Waals surface area contributed by atoms with Crippen LogP contribution in [0.15, 0.2) is 65.6 Å². The summed E-state index contributed by atoms with van der Waals surface area (Å²) in [6.45, 7) is 3.76. The van der Waals surface area contributed by atoms with Crippen LogP contribution in [0, 0.1) is 6.92 Å². The summed E-state index contributed by atoms with van der Waals surface area (Å²) >= 11 is 0. The average Bonchev–Trinajstić information content (AvgIpc) is 3.59. The molecule has 0 radical (unpaired) electrons. The number of aryl methyl sites for hydroxylation is 1. The first-order valence-electron chi connectivity index (χ1n) is 12.5. The van der Waals surface area contributed by atoms with Crippen molar-refractivity contribution in [1.29, 1.82) is 0 Å². The van der Waals surface area contributed by atoms with Gasteiger partial charge in [0.15, 0.2) is 11.5 Å². The predicted molar refractivity (Wildman–Crippen MR) is 145 cm³/mol. The molecule has 1 heterocycles. The van der Waals surface area contributed by atoms with Crippen LogP contribution >= 0.6 is 0 Å². The van der Waals surface area contributed by atoms with Gasteiger partial charge < -0.3 is 14.6 Å². The van der Waals surface area contributed by atoms with Crippen molar-refractivity contribution in [2.45, 2.75) is 55.9 Å². The molecule has 3 aromatic carbocycles. The Hall–Kier alpha value is -3.20. The molecule has 198 valence electrons. The number of benzene rings is 3. The number of rotatable bonds is 10. The molecule has 1 fully saturated rings. The van der Waals surface area contributed by atoms with Crippen LogP contribution < -0.4 is 14.2 Å². The highest BCUT2D eigenvalue weighted by Crippen LogP contribution is 2.51. The van der Waals surface area contributed by atoms with Gasteiger partial charge in [0, 0.05) is 15.3 Å². The van der Waals surface area contributed by atoms with E-state index < -0.39 is 21.5 Å². The number of nitrogens with one attached hydrogen (secondary N) is 1. The molecule has 0 unspecified atom stereocenters. The van der Waals surface area contributed by atoms with Gasteiger partial charge in [-0.15, -0.1) is 0 Å². The van der Waals surface area contributed by atoms with E-state index in [9.17, 15) is 18.3 Å². The third-order valence-electron chi connectivity index (χ3n) is 7.39. The van der Waals surface area contributed by atoms with Crippen LogP contribution in [0.1, 0.15) is 45.7 Å². The number of aliphatic hydroxyl groups excluding tert-OH is 1. The Morgan fingerprint density at radius 1 is 1.05 bits per heavy atom. The summed E-state index contributed by atoms with van der Waals surface area (Å²) in [5.74, 6) is 1.59. The van der Waals surface area contributed by atoms with Crippen molar-refractivity contribution in [2.75, 3.05) is 13.4 Å². The van der Waals surface area contributed by atoms with Crippen molar-refractivity contribution in [3.8, 4) is 22.6 Å². The zero-order valence-electron chi connectivity index (χ0n) is 21.0. The Bertz CT molecular complexity index is 1430.